The van der Waals surface area contributed by atoms with Gasteiger partial charge in [-0.2, -0.15) is 0 Å². The Morgan fingerprint density at radius 2 is 1.63 bits per heavy atom. The Bertz CT molecular complexity index is 1110. The van der Waals surface area contributed by atoms with E-state index >= 15 is 0 Å². The number of carboxylic acid groups (broad SMARTS) is 1. The van der Waals surface area contributed by atoms with Crippen LogP contribution in [-0.4, -0.2) is 21.4 Å². The van der Waals surface area contributed by atoms with Crippen molar-refractivity contribution in [3.63, 3.8) is 0 Å². The van der Waals surface area contributed by atoms with Crippen LogP contribution >= 0.6 is 0 Å². The van der Waals surface area contributed by atoms with E-state index in [2.05, 4.69) is 66.3 Å². The molecule has 0 aliphatic heterocycles. The third kappa shape index (κ3) is 4.06. The Labute approximate surface area is 158 Å². The first-order valence-corrected chi connectivity index (χ1v) is 8.75. The molecule has 4 heteroatoms. The maximum atomic E-state index is 9.00. The first-order valence-electron chi connectivity index (χ1n) is 8.75. The number of aliphatic carboxylic acids is 1. The Kier molecular flexibility index (Phi) is 5.36. The number of fused-ring (bicyclic) bond motifs is 3. The van der Waals surface area contributed by atoms with E-state index in [1.807, 2.05) is 18.2 Å². The standard InChI is InChI=1S/C21H18N2.C2H4O2/c1-23-14-18(19(22)13-15-7-3-2-4-8-15)21-17-10-6-5-9-16(17)11-12-20(21)23;1-2(3)4/h2-12,14,22H,13H2,1H3;1H3,(H,3,4). The predicted molar refractivity (Wildman–Crippen MR) is 111 cm³/mol. The maximum absolute atomic E-state index is 9.00. The molecule has 0 radical (unpaired) electrons. The smallest absolute Gasteiger partial charge is 0.300 e. The van der Waals surface area contributed by atoms with E-state index in [0.717, 1.165) is 12.5 Å². The van der Waals surface area contributed by atoms with E-state index in [-0.39, 0.29) is 0 Å². The van der Waals surface area contributed by atoms with Gasteiger partial charge in [0.2, 0.25) is 0 Å². The molecule has 4 nitrogen and oxygen atoms in total. The number of benzene rings is 3. The highest BCUT2D eigenvalue weighted by Gasteiger charge is 2.14. The minimum Gasteiger partial charge on any atom is -0.481 e. The molecule has 2 N–H and O–H groups in total. The average molecular weight is 358 g/mol. The lowest BCUT2D eigenvalue weighted by Crippen LogP contribution is -2.03. The number of carbonyl (C=O) groups is 1. The third-order valence-corrected chi connectivity index (χ3v) is 4.43. The zero-order valence-corrected chi connectivity index (χ0v) is 15.4. The van der Waals surface area contributed by atoms with Crippen molar-refractivity contribution in [3.05, 3.63) is 84.1 Å². The maximum Gasteiger partial charge on any atom is 0.300 e. The highest BCUT2D eigenvalue weighted by molar-refractivity contribution is 6.19. The summed E-state index contributed by atoms with van der Waals surface area (Å²) in [6.45, 7) is 1.08. The molecule has 4 aromatic rings. The third-order valence-electron chi connectivity index (χ3n) is 4.43. The second-order valence-corrected chi connectivity index (χ2v) is 6.49. The monoisotopic (exact) mass is 358 g/mol. The van der Waals surface area contributed by atoms with Crippen molar-refractivity contribution in [1.29, 1.82) is 5.41 Å². The lowest BCUT2D eigenvalue weighted by Gasteiger charge is -2.06. The lowest BCUT2D eigenvalue weighted by molar-refractivity contribution is -0.134. The number of nitrogens with zero attached hydrogens (tertiary/aromatic N) is 1. The largest absolute Gasteiger partial charge is 0.481 e. The molecule has 0 spiro atoms. The van der Waals surface area contributed by atoms with Gasteiger partial charge in [-0.15, -0.1) is 0 Å². The van der Waals surface area contributed by atoms with Crippen LogP contribution in [0.1, 0.15) is 18.1 Å². The summed E-state index contributed by atoms with van der Waals surface area (Å²) in [6.07, 6.45) is 2.74. The average Bonchev–Trinajstić information content (AvgIpc) is 2.99. The lowest BCUT2D eigenvalue weighted by atomic mass is 9.98. The molecule has 0 unspecified atom stereocenters. The first-order chi connectivity index (χ1) is 13.0. The summed E-state index contributed by atoms with van der Waals surface area (Å²) in [5, 5.41) is 19.7. The highest BCUT2D eigenvalue weighted by atomic mass is 16.4. The summed E-state index contributed by atoms with van der Waals surface area (Å²) >= 11 is 0. The second-order valence-electron chi connectivity index (χ2n) is 6.49. The fourth-order valence-electron chi connectivity index (χ4n) is 3.29. The molecular weight excluding hydrogens is 336 g/mol. The molecule has 1 heterocycles. The number of hydrogen-bond donors (Lipinski definition) is 2. The number of nitrogens with one attached hydrogen (secondary N) is 1. The summed E-state index contributed by atoms with van der Waals surface area (Å²) < 4.78 is 2.12. The SMILES string of the molecule is CC(=O)O.Cn1cc(C(=N)Cc2ccccc2)c2c3ccccc3ccc21. The van der Waals surface area contributed by atoms with Crippen molar-refractivity contribution in [3.8, 4) is 0 Å². The van der Waals surface area contributed by atoms with E-state index in [1.165, 1.54) is 27.2 Å². The predicted octanol–water partition coefficient (Wildman–Crippen LogP) is 5.03. The van der Waals surface area contributed by atoms with Crippen LogP contribution < -0.4 is 0 Å². The Morgan fingerprint density at radius 3 is 2.33 bits per heavy atom. The van der Waals surface area contributed by atoms with Crippen LogP contribution in [0, 0.1) is 5.41 Å². The number of aryl methyl sites for hydroxylation is 1. The number of aromatic nitrogens is 1. The van der Waals surface area contributed by atoms with Crippen LogP contribution in [0.5, 0.6) is 0 Å². The minimum absolute atomic E-state index is 0.656. The van der Waals surface area contributed by atoms with Crippen molar-refractivity contribution in [2.75, 3.05) is 0 Å². The van der Waals surface area contributed by atoms with E-state index in [0.29, 0.717) is 12.1 Å². The van der Waals surface area contributed by atoms with Crippen molar-refractivity contribution in [2.24, 2.45) is 7.05 Å². The van der Waals surface area contributed by atoms with Gasteiger partial charge >= 0.3 is 0 Å². The van der Waals surface area contributed by atoms with Gasteiger partial charge in [0.05, 0.1) is 0 Å². The summed E-state index contributed by atoms with van der Waals surface area (Å²) in [6, 6.07) is 22.9. The molecule has 0 saturated carbocycles. The fraction of sp³-hybridized carbons (Fsp3) is 0.130. The van der Waals surface area contributed by atoms with Crippen LogP contribution in [-0.2, 0) is 18.3 Å². The summed E-state index contributed by atoms with van der Waals surface area (Å²) in [5.74, 6) is -0.833. The van der Waals surface area contributed by atoms with Crippen LogP contribution in [0.2, 0.25) is 0 Å². The Balaban J connectivity index is 0.000000481. The van der Waals surface area contributed by atoms with Crippen molar-refractivity contribution >= 4 is 33.4 Å². The molecule has 0 aliphatic rings. The van der Waals surface area contributed by atoms with Gasteiger partial charge in [0.15, 0.2) is 0 Å². The molecule has 4 rings (SSSR count). The normalized spacial score (nSPS) is 10.4. The zero-order valence-electron chi connectivity index (χ0n) is 15.4. The number of hydrogen-bond acceptors (Lipinski definition) is 2. The van der Waals surface area contributed by atoms with Gasteiger partial charge < -0.3 is 15.1 Å². The van der Waals surface area contributed by atoms with Gasteiger partial charge in [-0.1, -0.05) is 60.7 Å². The van der Waals surface area contributed by atoms with Gasteiger partial charge in [0, 0.05) is 48.8 Å². The van der Waals surface area contributed by atoms with Gasteiger partial charge in [-0.05, 0) is 22.4 Å². The van der Waals surface area contributed by atoms with Gasteiger partial charge in [-0.25, -0.2) is 0 Å². The number of carboxylic acids is 1. The molecule has 136 valence electrons. The topological polar surface area (TPSA) is 66.1 Å². The van der Waals surface area contributed by atoms with Crippen molar-refractivity contribution in [2.45, 2.75) is 13.3 Å². The second kappa shape index (κ2) is 7.87. The van der Waals surface area contributed by atoms with Crippen molar-refractivity contribution < 1.29 is 9.90 Å². The van der Waals surface area contributed by atoms with E-state index in [4.69, 9.17) is 15.3 Å². The molecule has 0 saturated heterocycles. The molecular formula is C23H22N2O2. The number of rotatable bonds is 3. The molecule has 1 aromatic heterocycles. The molecule has 0 amide bonds. The Morgan fingerprint density at radius 1 is 1.00 bits per heavy atom. The van der Waals surface area contributed by atoms with Crippen molar-refractivity contribution in [1.82, 2.24) is 4.57 Å². The van der Waals surface area contributed by atoms with Gasteiger partial charge in [0.1, 0.15) is 0 Å². The summed E-state index contributed by atoms with van der Waals surface area (Å²) in [7, 11) is 2.05. The first kappa shape index (κ1) is 18.4. The van der Waals surface area contributed by atoms with Gasteiger partial charge in [0.25, 0.3) is 5.97 Å². The molecule has 3 aromatic carbocycles. The molecule has 0 aliphatic carbocycles. The molecule has 27 heavy (non-hydrogen) atoms. The minimum atomic E-state index is -0.833. The van der Waals surface area contributed by atoms with E-state index in [9.17, 15) is 0 Å². The van der Waals surface area contributed by atoms with Crippen LogP contribution in [0.15, 0.2) is 72.9 Å². The highest BCUT2D eigenvalue weighted by Crippen LogP contribution is 2.30. The summed E-state index contributed by atoms with van der Waals surface area (Å²) in [5.41, 5.74) is 4.05. The van der Waals surface area contributed by atoms with Crippen LogP contribution in [0.4, 0.5) is 0 Å². The van der Waals surface area contributed by atoms with E-state index < -0.39 is 5.97 Å². The molecule has 0 bridgehead atoms. The Hall–Kier alpha value is -3.40. The zero-order chi connectivity index (χ0) is 19.4. The quantitative estimate of drug-likeness (QED) is 0.504. The van der Waals surface area contributed by atoms with Crippen LogP contribution in [0.3, 0.4) is 0 Å². The molecule has 0 fully saturated rings. The van der Waals surface area contributed by atoms with Gasteiger partial charge in [-0.3, -0.25) is 4.79 Å². The fourth-order valence-corrected chi connectivity index (χ4v) is 3.29. The van der Waals surface area contributed by atoms with Crippen LogP contribution in [0.25, 0.3) is 21.7 Å². The molecule has 0 atom stereocenters. The summed E-state index contributed by atoms with van der Waals surface area (Å²) in [4.78, 5) is 9.00. The van der Waals surface area contributed by atoms with E-state index in [1.54, 1.807) is 0 Å².